The summed E-state index contributed by atoms with van der Waals surface area (Å²) in [4.78, 5) is 33.6. The quantitative estimate of drug-likeness (QED) is 0.937. The molecule has 0 radical (unpaired) electrons. The maximum atomic E-state index is 11.5. The molecule has 6 heteroatoms. The molecule has 1 amide bonds. The Hall–Kier alpha value is -2.76. The summed E-state index contributed by atoms with van der Waals surface area (Å²) in [5.74, 6) is -0.0556. The monoisotopic (exact) mass is 325 g/mol. The molecule has 1 aromatic carbocycles. The smallest absolute Gasteiger partial charge is 0.335 e. The molecule has 1 atom stereocenters. The molecule has 2 aromatic rings. The minimum absolute atomic E-state index is 0.0690. The van der Waals surface area contributed by atoms with Crippen molar-refractivity contribution in [3.8, 4) is 11.3 Å². The molecule has 1 aliphatic heterocycles. The number of aromatic carboxylic acids is 1. The maximum Gasteiger partial charge on any atom is 0.335 e. The molecule has 0 aliphatic carbocycles. The van der Waals surface area contributed by atoms with Crippen molar-refractivity contribution in [2.24, 2.45) is 0 Å². The van der Waals surface area contributed by atoms with Crippen molar-refractivity contribution in [3.63, 3.8) is 0 Å². The first-order valence-corrected chi connectivity index (χ1v) is 7.89. The minimum atomic E-state index is -0.962. The van der Waals surface area contributed by atoms with E-state index in [2.05, 4.69) is 9.97 Å². The summed E-state index contributed by atoms with van der Waals surface area (Å²) in [5, 5.41) is 9.15. The zero-order valence-electron chi connectivity index (χ0n) is 13.7. The Morgan fingerprint density at radius 2 is 2.04 bits per heavy atom. The van der Waals surface area contributed by atoms with E-state index in [0.29, 0.717) is 12.2 Å². The number of likely N-dealkylation sites (tertiary alicyclic amines) is 1. The first-order chi connectivity index (χ1) is 11.4. The summed E-state index contributed by atoms with van der Waals surface area (Å²) < 4.78 is 0. The zero-order valence-corrected chi connectivity index (χ0v) is 13.7. The Morgan fingerprint density at radius 3 is 2.71 bits per heavy atom. The first-order valence-electron chi connectivity index (χ1n) is 7.89. The van der Waals surface area contributed by atoms with Gasteiger partial charge in [-0.1, -0.05) is 12.1 Å². The third kappa shape index (κ3) is 3.27. The van der Waals surface area contributed by atoms with Crippen molar-refractivity contribution in [2.75, 3.05) is 13.1 Å². The molecule has 1 aromatic heterocycles. The van der Waals surface area contributed by atoms with Gasteiger partial charge in [-0.15, -0.1) is 0 Å². The number of aryl methyl sites for hydroxylation is 1. The number of carbonyl (C=O) groups is 2. The zero-order chi connectivity index (χ0) is 17.3. The topological polar surface area (TPSA) is 83.4 Å². The molecule has 3 rings (SSSR count). The van der Waals surface area contributed by atoms with Gasteiger partial charge in [0, 0.05) is 37.2 Å². The Bertz CT molecular complexity index is 804. The summed E-state index contributed by atoms with van der Waals surface area (Å²) >= 11 is 0. The average Bonchev–Trinajstić information content (AvgIpc) is 3.05. The number of nitrogens with zero attached hydrogens (tertiary/aromatic N) is 3. The van der Waals surface area contributed by atoms with E-state index in [0.717, 1.165) is 30.0 Å². The van der Waals surface area contributed by atoms with Gasteiger partial charge in [-0.3, -0.25) is 4.79 Å². The van der Waals surface area contributed by atoms with Gasteiger partial charge in [-0.25, -0.2) is 14.8 Å². The number of rotatable bonds is 3. The lowest BCUT2D eigenvalue weighted by molar-refractivity contribution is -0.127. The summed E-state index contributed by atoms with van der Waals surface area (Å²) in [6.07, 6.45) is 0.845. The van der Waals surface area contributed by atoms with Gasteiger partial charge in [0.15, 0.2) is 0 Å². The summed E-state index contributed by atoms with van der Waals surface area (Å²) in [6.45, 7) is 4.82. The number of aromatic nitrogens is 2. The fourth-order valence-corrected chi connectivity index (χ4v) is 2.99. The van der Waals surface area contributed by atoms with Crippen molar-refractivity contribution >= 4 is 11.9 Å². The van der Waals surface area contributed by atoms with Crippen LogP contribution in [0.3, 0.4) is 0 Å². The van der Waals surface area contributed by atoms with E-state index in [4.69, 9.17) is 5.11 Å². The fourth-order valence-electron chi connectivity index (χ4n) is 2.99. The van der Waals surface area contributed by atoms with Crippen molar-refractivity contribution in [2.45, 2.75) is 26.2 Å². The average molecular weight is 325 g/mol. The predicted molar refractivity (Wildman–Crippen MR) is 88.8 cm³/mol. The second-order valence-corrected chi connectivity index (χ2v) is 6.09. The highest BCUT2D eigenvalue weighted by atomic mass is 16.4. The van der Waals surface area contributed by atoms with E-state index in [9.17, 15) is 9.59 Å². The number of carboxylic acids is 1. The summed E-state index contributed by atoms with van der Waals surface area (Å²) in [5.41, 5.74) is 2.52. The van der Waals surface area contributed by atoms with Gasteiger partial charge in [-0.05, 0) is 31.5 Å². The van der Waals surface area contributed by atoms with E-state index >= 15 is 0 Å². The minimum Gasteiger partial charge on any atom is -0.478 e. The van der Waals surface area contributed by atoms with Gasteiger partial charge in [0.05, 0.1) is 11.3 Å². The Kier molecular flexibility index (Phi) is 4.29. The number of benzene rings is 1. The lowest BCUT2D eigenvalue weighted by Gasteiger charge is -2.14. The normalized spacial score (nSPS) is 17.1. The molecule has 0 unspecified atom stereocenters. The molecule has 24 heavy (non-hydrogen) atoms. The van der Waals surface area contributed by atoms with Crippen LogP contribution in [0.5, 0.6) is 0 Å². The highest BCUT2D eigenvalue weighted by Crippen LogP contribution is 2.27. The SMILES string of the molecule is CC(=O)N1CC[C@H](c2nc(C)cc(-c3cccc(C(=O)O)c3)n2)C1. The predicted octanol–water partition coefficient (Wildman–Crippen LogP) is 2.49. The van der Waals surface area contributed by atoms with Crippen LogP contribution in [0.2, 0.25) is 0 Å². The molecular weight excluding hydrogens is 306 g/mol. The third-order valence-electron chi connectivity index (χ3n) is 4.28. The largest absolute Gasteiger partial charge is 0.478 e. The lowest BCUT2D eigenvalue weighted by atomic mass is 10.1. The maximum absolute atomic E-state index is 11.5. The molecule has 1 saturated heterocycles. The van der Waals surface area contributed by atoms with Gasteiger partial charge in [-0.2, -0.15) is 0 Å². The van der Waals surface area contributed by atoms with Crippen molar-refractivity contribution < 1.29 is 14.7 Å². The molecular formula is C18H19N3O3. The number of amides is 1. The van der Waals surface area contributed by atoms with Gasteiger partial charge in [0.25, 0.3) is 0 Å². The highest BCUT2D eigenvalue weighted by Gasteiger charge is 2.27. The number of carbonyl (C=O) groups excluding carboxylic acids is 1. The molecule has 6 nitrogen and oxygen atoms in total. The molecule has 0 bridgehead atoms. The Morgan fingerprint density at radius 1 is 1.25 bits per heavy atom. The number of carboxylic acid groups (broad SMARTS) is 1. The van der Waals surface area contributed by atoms with Crippen LogP contribution >= 0.6 is 0 Å². The van der Waals surface area contributed by atoms with Crippen molar-refractivity contribution in [3.05, 3.63) is 47.4 Å². The van der Waals surface area contributed by atoms with Crippen LogP contribution in [-0.2, 0) is 4.79 Å². The first kappa shape index (κ1) is 16.1. The van der Waals surface area contributed by atoms with Crippen LogP contribution in [0.1, 0.15) is 41.1 Å². The van der Waals surface area contributed by atoms with Crippen molar-refractivity contribution in [1.29, 1.82) is 0 Å². The highest BCUT2D eigenvalue weighted by molar-refractivity contribution is 5.89. The van der Waals surface area contributed by atoms with E-state index in [-0.39, 0.29) is 17.4 Å². The molecule has 0 spiro atoms. The van der Waals surface area contributed by atoms with Crippen LogP contribution in [0.4, 0.5) is 0 Å². The second kappa shape index (κ2) is 6.39. The lowest BCUT2D eigenvalue weighted by Crippen LogP contribution is -2.25. The van der Waals surface area contributed by atoms with Crippen LogP contribution < -0.4 is 0 Å². The number of hydrogen-bond donors (Lipinski definition) is 1. The third-order valence-corrected chi connectivity index (χ3v) is 4.28. The fraction of sp³-hybridized carbons (Fsp3) is 0.333. The molecule has 2 heterocycles. The van der Waals surface area contributed by atoms with Crippen LogP contribution in [0.25, 0.3) is 11.3 Å². The molecule has 1 fully saturated rings. The molecule has 0 saturated carbocycles. The second-order valence-electron chi connectivity index (χ2n) is 6.09. The summed E-state index contributed by atoms with van der Waals surface area (Å²) in [7, 11) is 0. The van der Waals surface area contributed by atoms with Crippen molar-refractivity contribution in [1.82, 2.24) is 14.9 Å². The Balaban J connectivity index is 1.94. The Labute approximate surface area is 140 Å². The van der Waals surface area contributed by atoms with Crippen LogP contribution in [0, 0.1) is 6.92 Å². The van der Waals surface area contributed by atoms with Gasteiger partial charge in [0.1, 0.15) is 5.82 Å². The van der Waals surface area contributed by atoms with Crippen LogP contribution in [0.15, 0.2) is 30.3 Å². The molecule has 1 N–H and O–H groups in total. The van der Waals surface area contributed by atoms with Crippen LogP contribution in [-0.4, -0.2) is 44.9 Å². The number of hydrogen-bond acceptors (Lipinski definition) is 4. The van der Waals surface area contributed by atoms with E-state index in [1.165, 1.54) is 0 Å². The summed E-state index contributed by atoms with van der Waals surface area (Å²) in [6, 6.07) is 8.58. The van der Waals surface area contributed by atoms with Gasteiger partial charge < -0.3 is 10.0 Å². The van der Waals surface area contributed by atoms with E-state index in [1.807, 2.05) is 19.1 Å². The van der Waals surface area contributed by atoms with E-state index < -0.39 is 5.97 Å². The standard InChI is InChI=1S/C18H19N3O3/c1-11-8-16(13-4-3-5-14(9-13)18(23)24)20-17(19-11)15-6-7-21(10-15)12(2)22/h3-5,8-9,15H,6-7,10H2,1-2H3,(H,23,24)/t15-/m0/s1. The molecule has 1 aliphatic rings. The molecule has 124 valence electrons. The van der Waals surface area contributed by atoms with Gasteiger partial charge in [0.2, 0.25) is 5.91 Å². The van der Waals surface area contributed by atoms with E-state index in [1.54, 1.807) is 30.0 Å². The van der Waals surface area contributed by atoms with Gasteiger partial charge >= 0.3 is 5.97 Å².